The van der Waals surface area contributed by atoms with Crippen LogP contribution in [0, 0.1) is 5.92 Å². The molecule has 1 atom stereocenters. The van der Waals surface area contributed by atoms with Crippen molar-refractivity contribution in [2.24, 2.45) is 5.92 Å². The van der Waals surface area contributed by atoms with Crippen molar-refractivity contribution in [3.8, 4) is 0 Å². The number of halogens is 2. The summed E-state index contributed by atoms with van der Waals surface area (Å²) < 4.78 is 30.9. The monoisotopic (exact) mass is 205 g/mol. The van der Waals surface area contributed by atoms with Crippen LogP contribution in [0.15, 0.2) is 0 Å². The van der Waals surface area contributed by atoms with Gasteiger partial charge in [-0.25, -0.2) is 8.78 Å². The lowest BCUT2D eigenvalue weighted by atomic mass is 9.80. The fourth-order valence-corrected chi connectivity index (χ4v) is 2.51. The maximum absolute atomic E-state index is 12.6. The summed E-state index contributed by atoms with van der Waals surface area (Å²) in [7, 11) is 0. The highest BCUT2D eigenvalue weighted by Crippen LogP contribution is 2.38. The molecule has 2 aliphatic rings. The van der Waals surface area contributed by atoms with Crippen molar-refractivity contribution >= 4 is 0 Å². The lowest BCUT2D eigenvalue weighted by Gasteiger charge is -2.43. The molecule has 82 valence electrons. The molecule has 1 spiro atoms. The molecule has 0 aliphatic carbocycles. The first kappa shape index (κ1) is 10.3. The second-order valence-electron chi connectivity index (χ2n) is 4.37. The van der Waals surface area contributed by atoms with E-state index in [-0.39, 0.29) is 5.60 Å². The summed E-state index contributed by atoms with van der Waals surface area (Å²) in [5.41, 5.74) is -0.232. The molecule has 0 bridgehead atoms. The Morgan fingerprint density at radius 1 is 1.29 bits per heavy atom. The van der Waals surface area contributed by atoms with Crippen molar-refractivity contribution in [1.82, 2.24) is 5.32 Å². The molecule has 2 heterocycles. The van der Waals surface area contributed by atoms with E-state index in [9.17, 15) is 8.78 Å². The Bertz CT molecular complexity index is 187. The van der Waals surface area contributed by atoms with Crippen molar-refractivity contribution in [2.75, 3.05) is 19.7 Å². The molecular formula is C10H17F2NO. The highest BCUT2D eigenvalue weighted by molar-refractivity contribution is 4.91. The van der Waals surface area contributed by atoms with Crippen LogP contribution in [0.25, 0.3) is 0 Å². The Kier molecular flexibility index (Phi) is 3.02. The number of piperidine rings is 1. The Morgan fingerprint density at radius 3 is 2.64 bits per heavy atom. The van der Waals surface area contributed by atoms with Gasteiger partial charge in [0.2, 0.25) is 6.43 Å². The number of rotatable bonds is 1. The standard InChI is InChI=1S/C10H17F2NO/c11-9(12)8-1-6-14-10(7-8)2-4-13-5-3-10/h8-9,13H,1-7H2. The summed E-state index contributed by atoms with van der Waals surface area (Å²) in [5.74, 6) is -0.443. The van der Waals surface area contributed by atoms with Crippen molar-refractivity contribution < 1.29 is 13.5 Å². The summed E-state index contributed by atoms with van der Waals surface area (Å²) >= 11 is 0. The van der Waals surface area contributed by atoms with Gasteiger partial charge in [-0.15, -0.1) is 0 Å². The van der Waals surface area contributed by atoms with E-state index >= 15 is 0 Å². The maximum atomic E-state index is 12.6. The minimum atomic E-state index is -2.18. The normalized spacial score (nSPS) is 32.4. The molecule has 2 nitrogen and oxygen atoms in total. The number of alkyl halides is 2. The molecule has 2 fully saturated rings. The largest absolute Gasteiger partial charge is 0.375 e. The predicted molar refractivity (Wildman–Crippen MR) is 49.5 cm³/mol. The Morgan fingerprint density at radius 2 is 2.00 bits per heavy atom. The van der Waals surface area contributed by atoms with E-state index in [0.29, 0.717) is 19.4 Å². The third-order valence-corrected chi connectivity index (χ3v) is 3.40. The summed E-state index contributed by atoms with van der Waals surface area (Å²) in [6, 6.07) is 0. The highest BCUT2D eigenvalue weighted by atomic mass is 19.3. The molecule has 2 aliphatic heterocycles. The van der Waals surface area contributed by atoms with Crippen molar-refractivity contribution in [1.29, 1.82) is 0 Å². The fraction of sp³-hybridized carbons (Fsp3) is 1.00. The molecule has 2 rings (SSSR count). The maximum Gasteiger partial charge on any atom is 0.241 e. The molecule has 4 heteroatoms. The van der Waals surface area contributed by atoms with Crippen LogP contribution in [0.1, 0.15) is 25.7 Å². The third-order valence-electron chi connectivity index (χ3n) is 3.40. The number of hydrogen-bond acceptors (Lipinski definition) is 2. The lowest BCUT2D eigenvalue weighted by Crippen LogP contribution is -2.48. The minimum absolute atomic E-state index is 0.232. The van der Waals surface area contributed by atoms with Gasteiger partial charge in [-0.1, -0.05) is 0 Å². The van der Waals surface area contributed by atoms with Crippen molar-refractivity contribution in [2.45, 2.75) is 37.7 Å². The lowest BCUT2D eigenvalue weighted by molar-refractivity contribution is -0.135. The first-order valence-electron chi connectivity index (χ1n) is 5.35. The molecular weight excluding hydrogens is 188 g/mol. The Balaban J connectivity index is 1.97. The first-order chi connectivity index (χ1) is 6.72. The Hall–Kier alpha value is -0.220. The summed E-state index contributed by atoms with van der Waals surface area (Å²) in [6.07, 6.45) is 0.664. The molecule has 1 unspecified atom stereocenters. The number of ether oxygens (including phenoxy) is 1. The average Bonchev–Trinajstić information content (AvgIpc) is 2.19. The van der Waals surface area contributed by atoms with Crippen LogP contribution in [0.4, 0.5) is 8.78 Å². The molecule has 0 aromatic carbocycles. The van der Waals surface area contributed by atoms with Crippen LogP contribution in [0.3, 0.4) is 0 Å². The van der Waals surface area contributed by atoms with Gasteiger partial charge < -0.3 is 10.1 Å². The van der Waals surface area contributed by atoms with Crippen LogP contribution in [0.2, 0.25) is 0 Å². The zero-order valence-corrected chi connectivity index (χ0v) is 8.27. The van der Waals surface area contributed by atoms with Gasteiger partial charge in [0.25, 0.3) is 0 Å². The van der Waals surface area contributed by atoms with Crippen LogP contribution >= 0.6 is 0 Å². The molecule has 0 aromatic rings. The van der Waals surface area contributed by atoms with Gasteiger partial charge in [0.1, 0.15) is 0 Å². The fourth-order valence-electron chi connectivity index (χ4n) is 2.51. The van der Waals surface area contributed by atoms with E-state index in [0.717, 1.165) is 25.9 Å². The topological polar surface area (TPSA) is 21.3 Å². The van der Waals surface area contributed by atoms with Crippen LogP contribution in [0.5, 0.6) is 0 Å². The molecule has 2 saturated heterocycles. The van der Waals surface area contributed by atoms with E-state index in [2.05, 4.69) is 5.32 Å². The molecule has 0 radical (unpaired) electrons. The van der Waals surface area contributed by atoms with Crippen LogP contribution < -0.4 is 5.32 Å². The molecule has 0 aromatic heterocycles. The van der Waals surface area contributed by atoms with E-state index in [1.165, 1.54) is 0 Å². The SMILES string of the molecule is FC(F)C1CCOC2(CCNCC2)C1. The quantitative estimate of drug-likeness (QED) is 0.704. The smallest absolute Gasteiger partial charge is 0.241 e. The van der Waals surface area contributed by atoms with E-state index in [4.69, 9.17) is 4.74 Å². The molecule has 0 saturated carbocycles. The van der Waals surface area contributed by atoms with Gasteiger partial charge in [-0.3, -0.25) is 0 Å². The second-order valence-corrected chi connectivity index (χ2v) is 4.37. The van der Waals surface area contributed by atoms with Gasteiger partial charge in [0, 0.05) is 12.5 Å². The van der Waals surface area contributed by atoms with Gasteiger partial charge in [0.05, 0.1) is 5.60 Å². The third kappa shape index (κ3) is 2.06. The van der Waals surface area contributed by atoms with Gasteiger partial charge >= 0.3 is 0 Å². The second kappa shape index (κ2) is 4.11. The number of hydrogen-bond donors (Lipinski definition) is 1. The zero-order chi connectivity index (χ0) is 10.0. The zero-order valence-electron chi connectivity index (χ0n) is 8.27. The average molecular weight is 205 g/mol. The first-order valence-corrected chi connectivity index (χ1v) is 5.35. The summed E-state index contributed by atoms with van der Waals surface area (Å²) in [5, 5.41) is 3.23. The van der Waals surface area contributed by atoms with Crippen molar-refractivity contribution in [3.05, 3.63) is 0 Å². The predicted octanol–water partition coefficient (Wildman–Crippen LogP) is 1.80. The van der Waals surface area contributed by atoms with Gasteiger partial charge in [-0.2, -0.15) is 0 Å². The van der Waals surface area contributed by atoms with E-state index in [1.54, 1.807) is 0 Å². The van der Waals surface area contributed by atoms with Crippen LogP contribution in [-0.2, 0) is 4.74 Å². The molecule has 1 N–H and O–H groups in total. The molecule has 14 heavy (non-hydrogen) atoms. The van der Waals surface area contributed by atoms with Gasteiger partial charge in [-0.05, 0) is 38.8 Å². The molecule has 0 amide bonds. The summed E-state index contributed by atoms with van der Waals surface area (Å²) in [6.45, 7) is 2.31. The van der Waals surface area contributed by atoms with Crippen LogP contribution in [-0.4, -0.2) is 31.7 Å². The van der Waals surface area contributed by atoms with E-state index in [1.807, 2.05) is 0 Å². The Labute approximate surface area is 83.0 Å². The van der Waals surface area contributed by atoms with Gasteiger partial charge in [0.15, 0.2) is 0 Å². The van der Waals surface area contributed by atoms with E-state index < -0.39 is 12.3 Å². The van der Waals surface area contributed by atoms with Crippen molar-refractivity contribution in [3.63, 3.8) is 0 Å². The minimum Gasteiger partial charge on any atom is -0.375 e. The number of nitrogens with one attached hydrogen (secondary N) is 1. The summed E-state index contributed by atoms with van der Waals surface area (Å²) in [4.78, 5) is 0. The highest BCUT2D eigenvalue weighted by Gasteiger charge is 2.41.